The molecule has 1 aromatic carbocycles. The number of rotatable bonds is 4. The Labute approximate surface area is 109 Å². The van der Waals surface area contributed by atoms with Crippen molar-refractivity contribution in [1.82, 2.24) is 4.90 Å². The highest BCUT2D eigenvalue weighted by atomic mass is 16.5. The summed E-state index contributed by atoms with van der Waals surface area (Å²) in [6, 6.07) is 5.85. The molecule has 1 aliphatic heterocycles. The first-order valence-corrected chi connectivity index (χ1v) is 6.60. The molecule has 3 heteroatoms. The molecule has 1 heterocycles. The van der Waals surface area contributed by atoms with Crippen LogP contribution in [0.2, 0.25) is 0 Å². The van der Waals surface area contributed by atoms with Gasteiger partial charge in [0.1, 0.15) is 5.75 Å². The third-order valence-electron chi connectivity index (χ3n) is 3.27. The Morgan fingerprint density at radius 2 is 2.17 bits per heavy atom. The second-order valence-electron chi connectivity index (χ2n) is 5.10. The van der Waals surface area contributed by atoms with Crippen molar-refractivity contribution in [3.63, 3.8) is 0 Å². The van der Waals surface area contributed by atoms with E-state index < -0.39 is 0 Å². The van der Waals surface area contributed by atoms with E-state index in [1.807, 2.05) is 37.2 Å². The molecule has 0 atom stereocenters. The SMILES string of the molecule is CN(C)CCC(=O)c1ccc2c(c1)CCCCO2. The van der Waals surface area contributed by atoms with E-state index in [0.29, 0.717) is 6.42 Å². The van der Waals surface area contributed by atoms with Crippen LogP contribution in [0.15, 0.2) is 18.2 Å². The number of benzene rings is 1. The van der Waals surface area contributed by atoms with Crippen molar-refractivity contribution in [2.24, 2.45) is 0 Å². The van der Waals surface area contributed by atoms with E-state index in [9.17, 15) is 4.79 Å². The summed E-state index contributed by atoms with van der Waals surface area (Å²) < 4.78 is 5.66. The van der Waals surface area contributed by atoms with Gasteiger partial charge in [-0.3, -0.25) is 4.79 Å². The standard InChI is InChI=1S/C15H21NO2/c1-16(2)9-8-14(17)12-6-7-15-13(11-12)5-3-4-10-18-15/h6-7,11H,3-5,8-10H2,1-2H3. The van der Waals surface area contributed by atoms with E-state index >= 15 is 0 Å². The van der Waals surface area contributed by atoms with Crippen LogP contribution in [0.3, 0.4) is 0 Å². The zero-order valence-corrected chi connectivity index (χ0v) is 11.2. The van der Waals surface area contributed by atoms with Gasteiger partial charge in [0.15, 0.2) is 5.78 Å². The van der Waals surface area contributed by atoms with E-state index in [1.54, 1.807) is 0 Å². The van der Waals surface area contributed by atoms with E-state index in [0.717, 1.165) is 43.7 Å². The van der Waals surface area contributed by atoms with Crippen LogP contribution >= 0.6 is 0 Å². The molecule has 0 aliphatic carbocycles. The summed E-state index contributed by atoms with van der Waals surface area (Å²) in [4.78, 5) is 14.1. The molecule has 0 saturated heterocycles. The summed E-state index contributed by atoms with van der Waals surface area (Å²) in [5.74, 6) is 1.17. The van der Waals surface area contributed by atoms with Gasteiger partial charge in [-0.05, 0) is 57.1 Å². The quantitative estimate of drug-likeness (QED) is 0.766. The van der Waals surface area contributed by atoms with Crippen molar-refractivity contribution >= 4 is 5.78 Å². The summed E-state index contributed by atoms with van der Waals surface area (Å²) in [5.41, 5.74) is 2.00. The summed E-state index contributed by atoms with van der Waals surface area (Å²) >= 11 is 0. The van der Waals surface area contributed by atoms with Gasteiger partial charge in [-0.25, -0.2) is 0 Å². The van der Waals surface area contributed by atoms with E-state index in [2.05, 4.69) is 0 Å². The largest absolute Gasteiger partial charge is 0.493 e. The molecule has 0 N–H and O–H groups in total. The molecule has 18 heavy (non-hydrogen) atoms. The van der Waals surface area contributed by atoms with Gasteiger partial charge in [-0.1, -0.05) is 0 Å². The van der Waals surface area contributed by atoms with Crippen LogP contribution in [0.4, 0.5) is 0 Å². The Morgan fingerprint density at radius 3 is 2.94 bits per heavy atom. The first kappa shape index (κ1) is 13.1. The van der Waals surface area contributed by atoms with E-state index in [1.165, 1.54) is 5.56 Å². The number of ether oxygens (including phenoxy) is 1. The Morgan fingerprint density at radius 1 is 1.33 bits per heavy atom. The van der Waals surface area contributed by atoms with Crippen LogP contribution in [-0.2, 0) is 6.42 Å². The first-order chi connectivity index (χ1) is 8.66. The number of Topliss-reactive ketones (excluding diaryl/α,β-unsaturated/α-hetero) is 1. The average molecular weight is 247 g/mol. The molecular weight excluding hydrogens is 226 g/mol. The normalized spacial score (nSPS) is 14.8. The minimum atomic E-state index is 0.218. The number of ketones is 1. The van der Waals surface area contributed by atoms with Crippen LogP contribution in [0.5, 0.6) is 5.75 Å². The number of carbonyl (C=O) groups excluding carboxylic acids is 1. The van der Waals surface area contributed by atoms with Gasteiger partial charge in [0.25, 0.3) is 0 Å². The Balaban J connectivity index is 2.10. The highest BCUT2D eigenvalue weighted by Gasteiger charge is 2.13. The maximum absolute atomic E-state index is 12.1. The lowest BCUT2D eigenvalue weighted by Crippen LogP contribution is -2.16. The molecule has 0 radical (unpaired) electrons. The van der Waals surface area contributed by atoms with Gasteiger partial charge in [0, 0.05) is 18.5 Å². The Hall–Kier alpha value is -1.35. The molecule has 0 spiro atoms. The lowest BCUT2D eigenvalue weighted by molar-refractivity contribution is 0.0972. The fourth-order valence-electron chi connectivity index (χ4n) is 2.16. The predicted molar refractivity (Wildman–Crippen MR) is 72.4 cm³/mol. The van der Waals surface area contributed by atoms with Gasteiger partial charge in [-0.2, -0.15) is 0 Å². The molecule has 98 valence electrons. The first-order valence-electron chi connectivity index (χ1n) is 6.60. The van der Waals surface area contributed by atoms with Crippen molar-refractivity contribution in [3.05, 3.63) is 29.3 Å². The number of nitrogens with zero attached hydrogens (tertiary/aromatic N) is 1. The predicted octanol–water partition coefficient (Wildman–Crippen LogP) is 2.54. The van der Waals surface area contributed by atoms with Gasteiger partial charge < -0.3 is 9.64 Å². The molecule has 0 aromatic heterocycles. The van der Waals surface area contributed by atoms with Gasteiger partial charge >= 0.3 is 0 Å². The van der Waals surface area contributed by atoms with Crippen LogP contribution in [0.1, 0.15) is 35.2 Å². The van der Waals surface area contributed by atoms with Gasteiger partial charge in [0.2, 0.25) is 0 Å². The summed E-state index contributed by atoms with van der Waals surface area (Å²) in [7, 11) is 3.97. The number of hydrogen-bond donors (Lipinski definition) is 0. The van der Waals surface area contributed by atoms with Gasteiger partial charge in [-0.15, -0.1) is 0 Å². The molecule has 0 amide bonds. The minimum absolute atomic E-state index is 0.218. The topological polar surface area (TPSA) is 29.5 Å². The zero-order valence-electron chi connectivity index (χ0n) is 11.2. The van der Waals surface area contributed by atoms with Crippen molar-refractivity contribution in [1.29, 1.82) is 0 Å². The molecule has 1 aromatic rings. The maximum Gasteiger partial charge on any atom is 0.164 e. The second-order valence-corrected chi connectivity index (χ2v) is 5.10. The fraction of sp³-hybridized carbons (Fsp3) is 0.533. The highest BCUT2D eigenvalue weighted by Crippen LogP contribution is 2.25. The molecule has 2 rings (SSSR count). The van der Waals surface area contributed by atoms with Crippen LogP contribution in [0, 0.1) is 0 Å². The smallest absolute Gasteiger partial charge is 0.164 e. The molecular formula is C15H21NO2. The minimum Gasteiger partial charge on any atom is -0.493 e. The summed E-state index contributed by atoms with van der Waals surface area (Å²) in [6.45, 7) is 1.59. The second kappa shape index (κ2) is 6.01. The average Bonchev–Trinajstić information content (AvgIpc) is 2.60. The third kappa shape index (κ3) is 3.33. The maximum atomic E-state index is 12.1. The van der Waals surface area contributed by atoms with E-state index in [4.69, 9.17) is 4.74 Å². The lowest BCUT2D eigenvalue weighted by Gasteiger charge is -2.10. The lowest BCUT2D eigenvalue weighted by atomic mass is 10.0. The molecule has 0 saturated carbocycles. The molecule has 0 unspecified atom stereocenters. The molecule has 3 nitrogen and oxygen atoms in total. The highest BCUT2D eigenvalue weighted by molar-refractivity contribution is 5.96. The fourth-order valence-corrected chi connectivity index (χ4v) is 2.16. The molecule has 1 aliphatic rings. The van der Waals surface area contributed by atoms with Crippen molar-refractivity contribution in [3.8, 4) is 5.75 Å². The number of carbonyl (C=O) groups is 1. The summed E-state index contributed by atoms with van der Waals surface area (Å²) in [6.07, 6.45) is 3.83. The monoisotopic (exact) mass is 247 g/mol. The van der Waals surface area contributed by atoms with Crippen molar-refractivity contribution < 1.29 is 9.53 Å². The van der Waals surface area contributed by atoms with Crippen LogP contribution < -0.4 is 4.74 Å². The zero-order chi connectivity index (χ0) is 13.0. The van der Waals surface area contributed by atoms with E-state index in [-0.39, 0.29) is 5.78 Å². The molecule has 0 fully saturated rings. The van der Waals surface area contributed by atoms with Gasteiger partial charge in [0.05, 0.1) is 6.61 Å². The number of aryl methyl sites for hydroxylation is 1. The van der Waals surface area contributed by atoms with Crippen LogP contribution in [0.25, 0.3) is 0 Å². The summed E-state index contributed by atoms with van der Waals surface area (Å²) in [5, 5.41) is 0. The number of fused-ring (bicyclic) bond motifs is 1. The molecule has 0 bridgehead atoms. The van der Waals surface area contributed by atoms with Crippen LogP contribution in [-0.4, -0.2) is 37.9 Å². The third-order valence-corrected chi connectivity index (χ3v) is 3.27. The Kier molecular flexibility index (Phi) is 4.37. The number of hydrogen-bond acceptors (Lipinski definition) is 3. The Bertz CT molecular complexity index is 427. The van der Waals surface area contributed by atoms with Crippen molar-refractivity contribution in [2.45, 2.75) is 25.7 Å². The van der Waals surface area contributed by atoms with Crippen molar-refractivity contribution in [2.75, 3.05) is 27.2 Å².